The second-order valence-electron chi connectivity index (χ2n) is 5.31. The first-order chi connectivity index (χ1) is 8.17. The fraction of sp³-hybridized carbons (Fsp3) is 1.00. The summed E-state index contributed by atoms with van der Waals surface area (Å²) in [7, 11) is 0. The molecule has 0 heterocycles. The van der Waals surface area contributed by atoms with Crippen LogP contribution < -0.4 is 0 Å². The van der Waals surface area contributed by atoms with Crippen molar-refractivity contribution < 1.29 is 35.1 Å². The third-order valence-corrected chi connectivity index (χ3v) is 4.12. The van der Waals surface area contributed by atoms with Crippen LogP contribution in [-0.4, -0.2) is 23.7 Å². The van der Waals surface area contributed by atoms with Crippen molar-refractivity contribution in [1.29, 1.82) is 0 Å². The molecule has 0 aromatic rings. The minimum Gasteiger partial charge on any atom is -0.230 e. The zero-order valence-corrected chi connectivity index (χ0v) is 10.5. The van der Waals surface area contributed by atoms with E-state index >= 15 is 0 Å². The molecule has 0 spiro atoms. The van der Waals surface area contributed by atoms with E-state index in [-0.39, 0.29) is 13.8 Å². The van der Waals surface area contributed by atoms with E-state index in [0.717, 1.165) is 6.92 Å². The van der Waals surface area contributed by atoms with E-state index in [4.69, 9.17) is 0 Å². The summed E-state index contributed by atoms with van der Waals surface area (Å²) in [5.41, 5.74) is -8.30. The molecule has 0 radical (unpaired) electrons. The van der Waals surface area contributed by atoms with E-state index in [0.29, 0.717) is 0 Å². The third-order valence-electron chi connectivity index (χ3n) is 4.12. The van der Waals surface area contributed by atoms with Crippen molar-refractivity contribution in [2.24, 2.45) is 11.3 Å². The molecule has 1 saturated carbocycles. The van der Waals surface area contributed by atoms with E-state index in [2.05, 4.69) is 0 Å². The molecule has 8 heteroatoms. The summed E-state index contributed by atoms with van der Waals surface area (Å²) in [6.45, 7) is 1.11. The minimum absolute atomic E-state index is 0.0999. The Kier molecular flexibility index (Phi) is 3.45. The molecule has 114 valence electrons. The molecule has 0 aliphatic heterocycles. The maximum absolute atomic E-state index is 14.3. The molecule has 1 aliphatic rings. The Morgan fingerprint density at radius 2 is 1.47 bits per heavy atom. The van der Waals surface area contributed by atoms with Crippen molar-refractivity contribution in [3.63, 3.8) is 0 Å². The molecule has 3 atom stereocenters. The number of hydrogen-bond acceptors (Lipinski definition) is 0. The first kappa shape index (κ1) is 16.5. The summed E-state index contributed by atoms with van der Waals surface area (Å²) >= 11 is 0. The van der Waals surface area contributed by atoms with Gasteiger partial charge in [-0.15, -0.1) is 0 Å². The summed E-state index contributed by atoms with van der Waals surface area (Å²) < 4.78 is 107. The van der Waals surface area contributed by atoms with E-state index in [9.17, 15) is 35.1 Å². The lowest BCUT2D eigenvalue weighted by Gasteiger charge is -2.40. The lowest BCUT2D eigenvalue weighted by Crippen LogP contribution is -2.62. The standard InChI is InChI=1S/C11H14F8/c1-4-6-5-7(2,11(17,18)19)10(15,16)9(6,14)8(3,12)13/h6H,4-5H2,1-3H3. The van der Waals surface area contributed by atoms with Crippen molar-refractivity contribution in [3.8, 4) is 0 Å². The van der Waals surface area contributed by atoms with E-state index < -0.39 is 47.9 Å². The minimum atomic E-state index is -5.47. The van der Waals surface area contributed by atoms with Gasteiger partial charge in [-0.2, -0.15) is 13.2 Å². The Morgan fingerprint density at radius 1 is 1.05 bits per heavy atom. The normalized spacial score (nSPS) is 39.6. The van der Waals surface area contributed by atoms with Crippen LogP contribution in [0.2, 0.25) is 0 Å². The topological polar surface area (TPSA) is 0 Å². The highest BCUT2D eigenvalue weighted by Gasteiger charge is 2.86. The molecule has 1 aliphatic carbocycles. The Balaban J connectivity index is 3.52. The monoisotopic (exact) mass is 298 g/mol. The predicted molar refractivity (Wildman–Crippen MR) is 52.0 cm³/mol. The Bertz CT molecular complexity index is 355. The largest absolute Gasteiger partial charge is 0.400 e. The molecule has 0 bridgehead atoms. The van der Waals surface area contributed by atoms with Crippen molar-refractivity contribution >= 4 is 0 Å². The SMILES string of the molecule is CCC1CC(C)(C(F)(F)F)C(F)(F)C1(F)C(C)(F)F. The molecule has 0 N–H and O–H groups in total. The predicted octanol–water partition coefficient (Wildman–Crippen LogP) is 4.98. The van der Waals surface area contributed by atoms with Gasteiger partial charge >= 0.3 is 12.1 Å². The Morgan fingerprint density at radius 3 is 1.68 bits per heavy atom. The molecule has 0 aromatic carbocycles. The van der Waals surface area contributed by atoms with Gasteiger partial charge in [-0.25, -0.2) is 22.0 Å². The van der Waals surface area contributed by atoms with Gasteiger partial charge in [0.1, 0.15) is 5.41 Å². The number of rotatable bonds is 2. The lowest BCUT2D eigenvalue weighted by atomic mass is 9.79. The molecular formula is C11H14F8. The summed E-state index contributed by atoms with van der Waals surface area (Å²) in [5, 5.41) is 0. The number of alkyl halides is 8. The van der Waals surface area contributed by atoms with E-state index in [1.807, 2.05) is 0 Å². The molecule has 1 rings (SSSR count). The maximum atomic E-state index is 14.3. The van der Waals surface area contributed by atoms with Crippen LogP contribution in [0.15, 0.2) is 0 Å². The molecular weight excluding hydrogens is 284 g/mol. The molecule has 0 amide bonds. The van der Waals surface area contributed by atoms with Gasteiger partial charge in [0.05, 0.1) is 0 Å². The highest BCUT2D eigenvalue weighted by Crippen LogP contribution is 2.69. The quantitative estimate of drug-likeness (QED) is 0.630. The van der Waals surface area contributed by atoms with E-state index in [1.165, 1.54) is 0 Å². The van der Waals surface area contributed by atoms with Gasteiger partial charge in [0.15, 0.2) is 0 Å². The average molecular weight is 298 g/mol. The van der Waals surface area contributed by atoms with Gasteiger partial charge in [-0.05, 0) is 19.8 Å². The molecule has 0 saturated heterocycles. The fourth-order valence-electron chi connectivity index (χ4n) is 2.77. The molecule has 3 unspecified atom stereocenters. The van der Waals surface area contributed by atoms with Crippen LogP contribution in [0, 0.1) is 11.3 Å². The van der Waals surface area contributed by atoms with E-state index in [1.54, 1.807) is 0 Å². The average Bonchev–Trinajstić information content (AvgIpc) is 2.35. The van der Waals surface area contributed by atoms with Crippen LogP contribution in [0.25, 0.3) is 0 Å². The van der Waals surface area contributed by atoms with Gasteiger partial charge in [0.25, 0.3) is 5.92 Å². The Labute approximate surface area is 105 Å². The van der Waals surface area contributed by atoms with Crippen molar-refractivity contribution in [2.45, 2.75) is 57.3 Å². The van der Waals surface area contributed by atoms with Gasteiger partial charge in [-0.1, -0.05) is 6.92 Å². The van der Waals surface area contributed by atoms with Crippen LogP contribution in [0.5, 0.6) is 0 Å². The molecule has 0 nitrogen and oxygen atoms in total. The Hall–Kier alpha value is -0.560. The number of hydrogen-bond donors (Lipinski definition) is 0. The van der Waals surface area contributed by atoms with Gasteiger partial charge in [0.2, 0.25) is 5.67 Å². The van der Waals surface area contributed by atoms with Crippen LogP contribution in [0.4, 0.5) is 35.1 Å². The molecule has 0 aromatic heterocycles. The first-order valence-electron chi connectivity index (χ1n) is 5.68. The zero-order chi connectivity index (χ0) is 15.5. The first-order valence-corrected chi connectivity index (χ1v) is 5.68. The highest BCUT2D eigenvalue weighted by atomic mass is 19.4. The maximum Gasteiger partial charge on any atom is 0.400 e. The highest BCUT2D eigenvalue weighted by molar-refractivity contribution is 5.20. The van der Waals surface area contributed by atoms with Gasteiger partial charge in [-0.3, -0.25) is 0 Å². The van der Waals surface area contributed by atoms with Crippen LogP contribution >= 0.6 is 0 Å². The summed E-state index contributed by atoms with van der Waals surface area (Å²) in [4.78, 5) is 0. The number of halogens is 8. The summed E-state index contributed by atoms with van der Waals surface area (Å²) in [5.74, 6) is -11.8. The van der Waals surface area contributed by atoms with Gasteiger partial charge < -0.3 is 0 Å². The van der Waals surface area contributed by atoms with Crippen molar-refractivity contribution in [1.82, 2.24) is 0 Å². The fourth-order valence-corrected chi connectivity index (χ4v) is 2.77. The second-order valence-corrected chi connectivity index (χ2v) is 5.31. The van der Waals surface area contributed by atoms with Crippen LogP contribution in [0.3, 0.4) is 0 Å². The lowest BCUT2D eigenvalue weighted by molar-refractivity contribution is -0.326. The van der Waals surface area contributed by atoms with Crippen LogP contribution in [0.1, 0.15) is 33.6 Å². The molecule has 19 heavy (non-hydrogen) atoms. The van der Waals surface area contributed by atoms with Crippen LogP contribution in [-0.2, 0) is 0 Å². The third kappa shape index (κ3) is 1.77. The smallest absolute Gasteiger partial charge is 0.230 e. The van der Waals surface area contributed by atoms with Crippen molar-refractivity contribution in [2.75, 3.05) is 0 Å². The second kappa shape index (κ2) is 3.97. The zero-order valence-electron chi connectivity index (χ0n) is 10.5. The van der Waals surface area contributed by atoms with Gasteiger partial charge in [0, 0.05) is 12.8 Å². The summed E-state index contributed by atoms with van der Waals surface area (Å²) in [6, 6.07) is 0. The van der Waals surface area contributed by atoms with Crippen molar-refractivity contribution in [3.05, 3.63) is 0 Å². The summed E-state index contributed by atoms with van der Waals surface area (Å²) in [6.07, 6.45) is -7.36. The molecule has 1 fully saturated rings.